The fraction of sp³-hybridized carbons (Fsp3) is 0.167. The third-order valence-corrected chi connectivity index (χ3v) is 5.88. The van der Waals surface area contributed by atoms with Crippen LogP contribution in [0.15, 0.2) is 51.3 Å². The van der Waals surface area contributed by atoms with Crippen LogP contribution in [0.4, 0.5) is 0 Å². The molecule has 0 amide bonds. The summed E-state index contributed by atoms with van der Waals surface area (Å²) in [5, 5.41) is 18.0. The van der Waals surface area contributed by atoms with Crippen molar-refractivity contribution in [3.05, 3.63) is 63.1 Å². The first-order chi connectivity index (χ1) is 12.5. The average molecular weight is 451 g/mol. The summed E-state index contributed by atoms with van der Waals surface area (Å²) in [7, 11) is 0. The Kier molecular flexibility index (Phi) is 6.29. The minimum Gasteiger partial charge on any atom is -0.481 e. The molecule has 0 saturated carbocycles. The van der Waals surface area contributed by atoms with Crippen LogP contribution < -0.4 is 4.74 Å². The molecule has 0 aliphatic rings. The van der Waals surface area contributed by atoms with Crippen LogP contribution in [0, 0.1) is 6.92 Å². The number of aliphatic carboxylic acids is 1. The van der Waals surface area contributed by atoms with Crippen molar-refractivity contribution in [2.24, 2.45) is 0 Å². The molecule has 8 heteroatoms. The molecule has 5 nitrogen and oxygen atoms in total. The molecule has 1 heterocycles. The van der Waals surface area contributed by atoms with E-state index in [1.807, 2.05) is 31.2 Å². The summed E-state index contributed by atoms with van der Waals surface area (Å²) in [5.74, 6) is 1.17. The minimum absolute atomic E-state index is 0.0311. The number of nitrogens with zero attached hydrogens (tertiary/aromatic N) is 2. The molecule has 0 radical (unpaired) electrons. The molecule has 3 aromatic rings. The molecule has 2 aromatic carbocycles. The lowest BCUT2D eigenvalue weighted by molar-refractivity contribution is -0.136. The second-order valence-corrected chi connectivity index (χ2v) is 8.77. The smallest absolute Gasteiger partial charge is 0.307 e. The Labute approximate surface area is 167 Å². The van der Waals surface area contributed by atoms with Crippen LogP contribution in [0.2, 0.25) is 0 Å². The number of halogens is 1. The lowest BCUT2D eigenvalue weighted by Crippen LogP contribution is -2.00. The van der Waals surface area contributed by atoms with E-state index in [9.17, 15) is 4.79 Å². The average Bonchev–Trinajstić information content (AvgIpc) is 3.00. The van der Waals surface area contributed by atoms with Crippen LogP contribution in [0.3, 0.4) is 0 Å². The van der Waals surface area contributed by atoms with E-state index in [4.69, 9.17) is 9.84 Å². The molecule has 0 fully saturated rings. The Balaban J connectivity index is 1.78. The van der Waals surface area contributed by atoms with E-state index in [-0.39, 0.29) is 6.42 Å². The number of benzene rings is 2. The largest absolute Gasteiger partial charge is 0.481 e. The number of aryl methyl sites for hydroxylation is 1. The number of hydrogen-bond donors (Lipinski definition) is 1. The Morgan fingerprint density at radius 3 is 2.85 bits per heavy atom. The van der Waals surface area contributed by atoms with Crippen molar-refractivity contribution in [1.82, 2.24) is 10.2 Å². The SMILES string of the molecule is Cc1nnc(SCc2cc(Br)ccc2Oc2cccc(CC(=O)O)c2)s1. The van der Waals surface area contributed by atoms with Crippen LogP contribution in [-0.4, -0.2) is 21.3 Å². The van der Waals surface area contributed by atoms with Crippen LogP contribution in [0.25, 0.3) is 0 Å². The molecule has 0 saturated heterocycles. The van der Waals surface area contributed by atoms with Gasteiger partial charge in [-0.25, -0.2) is 0 Å². The molecule has 0 atom stereocenters. The Morgan fingerprint density at radius 1 is 1.27 bits per heavy atom. The zero-order chi connectivity index (χ0) is 18.5. The minimum atomic E-state index is -0.866. The molecule has 134 valence electrons. The van der Waals surface area contributed by atoms with Crippen LogP contribution >= 0.6 is 39.0 Å². The fourth-order valence-corrected chi connectivity index (χ4v) is 4.46. The maximum Gasteiger partial charge on any atom is 0.307 e. The molecule has 0 aliphatic carbocycles. The first-order valence-corrected chi connectivity index (χ1v) is 10.3. The monoisotopic (exact) mass is 450 g/mol. The molecule has 1 aromatic heterocycles. The molecule has 0 aliphatic heterocycles. The Hall–Kier alpha value is -1.90. The normalized spacial score (nSPS) is 10.7. The predicted octanol–water partition coefficient (Wildman–Crippen LogP) is 5.32. The van der Waals surface area contributed by atoms with E-state index in [1.165, 1.54) is 0 Å². The van der Waals surface area contributed by atoms with Gasteiger partial charge in [-0.2, -0.15) is 0 Å². The van der Waals surface area contributed by atoms with Gasteiger partial charge in [0, 0.05) is 15.8 Å². The zero-order valence-electron chi connectivity index (χ0n) is 13.8. The summed E-state index contributed by atoms with van der Waals surface area (Å²) in [4.78, 5) is 10.9. The quantitative estimate of drug-likeness (QED) is 0.490. The van der Waals surface area contributed by atoms with Gasteiger partial charge in [-0.05, 0) is 42.8 Å². The molecular weight excluding hydrogens is 436 g/mol. The second-order valence-electron chi connectivity index (χ2n) is 5.45. The maximum absolute atomic E-state index is 10.9. The van der Waals surface area contributed by atoms with Gasteiger partial charge in [-0.15, -0.1) is 10.2 Å². The highest BCUT2D eigenvalue weighted by Gasteiger charge is 2.10. The van der Waals surface area contributed by atoms with E-state index in [1.54, 1.807) is 41.3 Å². The van der Waals surface area contributed by atoms with E-state index < -0.39 is 5.97 Å². The lowest BCUT2D eigenvalue weighted by atomic mass is 10.1. The molecule has 26 heavy (non-hydrogen) atoms. The number of thioether (sulfide) groups is 1. The maximum atomic E-state index is 10.9. The highest BCUT2D eigenvalue weighted by Crippen LogP contribution is 2.34. The van der Waals surface area contributed by atoms with Gasteiger partial charge in [0.15, 0.2) is 4.34 Å². The van der Waals surface area contributed by atoms with Gasteiger partial charge < -0.3 is 9.84 Å². The second kappa shape index (κ2) is 8.66. The Morgan fingerprint density at radius 2 is 2.12 bits per heavy atom. The number of carbonyl (C=O) groups is 1. The predicted molar refractivity (Wildman–Crippen MR) is 106 cm³/mol. The van der Waals surface area contributed by atoms with Gasteiger partial charge in [-0.1, -0.05) is 51.2 Å². The van der Waals surface area contributed by atoms with E-state index in [2.05, 4.69) is 26.1 Å². The molecular formula is C18H15BrN2O3S2. The van der Waals surface area contributed by atoms with Gasteiger partial charge in [0.1, 0.15) is 16.5 Å². The highest BCUT2D eigenvalue weighted by atomic mass is 79.9. The summed E-state index contributed by atoms with van der Waals surface area (Å²) in [6.45, 7) is 1.93. The lowest BCUT2D eigenvalue weighted by Gasteiger charge is -2.12. The van der Waals surface area contributed by atoms with Crippen molar-refractivity contribution < 1.29 is 14.6 Å². The van der Waals surface area contributed by atoms with Crippen molar-refractivity contribution in [2.75, 3.05) is 0 Å². The number of rotatable bonds is 7. The van der Waals surface area contributed by atoms with Gasteiger partial charge in [0.05, 0.1) is 6.42 Å². The summed E-state index contributed by atoms with van der Waals surface area (Å²) in [6, 6.07) is 13.0. The molecule has 0 bridgehead atoms. The molecule has 0 unspecified atom stereocenters. The number of aromatic nitrogens is 2. The Bertz CT molecular complexity index is 930. The summed E-state index contributed by atoms with van der Waals surface area (Å²) < 4.78 is 7.90. The number of carboxylic acid groups (broad SMARTS) is 1. The van der Waals surface area contributed by atoms with Crippen LogP contribution in [-0.2, 0) is 17.0 Å². The van der Waals surface area contributed by atoms with E-state index in [0.717, 1.165) is 25.1 Å². The van der Waals surface area contributed by atoms with Crippen molar-refractivity contribution in [3.63, 3.8) is 0 Å². The van der Waals surface area contributed by atoms with Crippen molar-refractivity contribution >= 4 is 45.0 Å². The van der Waals surface area contributed by atoms with Crippen molar-refractivity contribution in [1.29, 1.82) is 0 Å². The standard InChI is InChI=1S/C18H15BrN2O3S2/c1-11-20-21-18(26-11)25-10-13-9-14(19)5-6-16(13)24-15-4-2-3-12(7-15)8-17(22)23/h2-7,9H,8,10H2,1H3,(H,22,23). The van der Waals surface area contributed by atoms with Crippen LogP contribution in [0.1, 0.15) is 16.1 Å². The molecule has 0 spiro atoms. The van der Waals surface area contributed by atoms with Crippen molar-refractivity contribution in [3.8, 4) is 11.5 Å². The highest BCUT2D eigenvalue weighted by molar-refractivity contribution is 9.10. The van der Waals surface area contributed by atoms with Gasteiger partial charge >= 0.3 is 5.97 Å². The van der Waals surface area contributed by atoms with Crippen LogP contribution in [0.5, 0.6) is 11.5 Å². The first kappa shape index (κ1) is 18.9. The summed E-state index contributed by atoms with van der Waals surface area (Å²) in [6.07, 6.45) is -0.0311. The topological polar surface area (TPSA) is 72.3 Å². The number of hydrogen-bond acceptors (Lipinski definition) is 6. The van der Waals surface area contributed by atoms with Crippen molar-refractivity contribution in [2.45, 2.75) is 23.4 Å². The summed E-state index contributed by atoms with van der Waals surface area (Å²) in [5.41, 5.74) is 1.72. The van der Waals surface area contributed by atoms with E-state index in [0.29, 0.717) is 17.1 Å². The van der Waals surface area contributed by atoms with Gasteiger partial charge in [-0.3, -0.25) is 4.79 Å². The van der Waals surface area contributed by atoms with E-state index >= 15 is 0 Å². The summed E-state index contributed by atoms with van der Waals surface area (Å²) >= 11 is 6.66. The fourth-order valence-electron chi connectivity index (χ4n) is 2.26. The molecule has 1 N–H and O–H groups in total. The van der Waals surface area contributed by atoms with Gasteiger partial charge in [0.2, 0.25) is 0 Å². The number of ether oxygens (including phenoxy) is 1. The first-order valence-electron chi connectivity index (χ1n) is 7.69. The zero-order valence-corrected chi connectivity index (χ0v) is 17.0. The third-order valence-electron chi connectivity index (χ3n) is 3.36. The number of carboxylic acids is 1. The third kappa shape index (κ3) is 5.30. The van der Waals surface area contributed by atoms with Gasteiger partial charge in [0.25, 0.3) is 0 Å². The molecule has 3 rings (SSSR count).